The van der Waals surface area contributed by atoms with Crippen molar-refractivity contribution in [3.8, 4) is 0 Å². The van der Waals surface area contributed by atoms with Gasteiger partial charge in [-0.3, -0.25) is 0 Å². The summed E-state index contributed by atoms with van der Waals surface area (Å²) in [4.78, 5) is 0. The molecule has 0 bridgehead atoms. The van der Waals surface area contributed by atoms with Gasteiger partial charge >= 0.3 is 0 Å². The van der Waals surface area contributed by atoms with E-state index in [0.29, 0.717) is 13.0 Å². The van der Waals surface area contributed by atoms with Gasteiger partial charge in [-0.15, -0.1) is 0 Å². The first kappa shape index (κ1) is 41.3. The normalized spacial score (nSPS) is 51.4. The Kier molecular flexibility index (Phi) is 14.7. The predicted octanol–water partition coefficient (Wildman–Crippen LogP) is -7.22. The highest BCUT2D eigenvalue weighted by Gasteiger charge is 2.55. The number of aliphatic hydroxyl groups excluding tert-OH is 12. The van der Waals surface area contributed by atoms with Crippen molar-refractivity contribution in [1.29, 1.82) is 0 Å². The number of hydrogen-bond acceptors (Lipinski definition) is 21. The first-order chi connectivity index (χ1) is 24.3. The highest BCUT2D eigenvalue weighted by molar-refractivity contribution is 4.98. The third-order valence-electron chi connectivity index (χ3n) is 9.59. The molecule has 5 rings (SSSR count). The van der Waals surface area contributed by atoms with Crippen molar-refractivity contribution in [3.63, 3.8) is 0 Å². The van der Waals surface area contributed by atoms with Crippen LogP contribution < -0.4 is 0 Å². The minimum absolute atomic E-state index is 0.422. The summed E-state index contributed by atoms with van der Waals surface area (Å²) < 4.78 is 63.5. The van der Waals surface area contributed by atoms with Crippen molar-refractivity contribution in [2.24, 2.45) is 0 Å². The van der Waals surface area contributed by atoms with E-state index >= 15 is 0 Å². The molecule has 5 heterocycles. The molecular weight excluding hydrogens is 703 g/mol. The maximum atomic E-state index is 14.2. The molecule has 0 saturated carbocycles. The van der Waals surface area contributed by atoms with Crippen molar-refractivity contribution in [2.75, 3.05) is 33.0 Å². The van der Waals surface area contributed by atoms with Gasteiger partial charge in [-0.05, 0) is 19.3 Å². The van der Waals surface area contributed by atoms with Crippen molar-refractivity contribution < 1.29 is 108 Å². The quantitative estimate of drug-likeness (QED) is 0.0881. The van der Waals surface area contributed by atoms with Crippen LogP contribution in [0.2, 0.25) is 0 Å². The fourth-order valence-corrected chi connectivity index (χ4v) is 6.66. The molecule has 12 N–H and O–H groups in total. The monoisotopic (exact) mass is 752 g/mol. The molecule has 0 radical (unpaired) electrons. The first-order valence-corrected chi connectivity index (χ1v) is 16.7. The molecule has 5 fully saturated rings. The van der Waals surface area contributed by atoms with Crippen molar-refractivity contribution in [2.45, 2.75) is 148 Å². The number of halogens is 1. The highest BCUT2D eigenvalue weighted by atomic mass is 19.1. The van der Waals surface area contributed by atoms with Gasteiger partial charge in [0.05, 0.1) is 26.4 Å². The predicted molar refractivity (Wildman–Crippen MR) is 155 cm³/mol. The van der Waals surface area contributed by atoms with Gasteiger partial charge in [0.15, 0.2) is 25.2 Å². The lowest BCUT2D eigenvalue weighted by Crippen LogP contribution is -2.67. The molecule has 0 spiro atoms. The molecule has 51 heavy (non-hydrogen) atoms. The maximum absolute atomic E-state index is 14.2. The molecule has 0 aliphatic carbocycles. The van der Waals surface area contributed by atoms with E-state index in [2.05, 4.69) is 4.74 Å². The van der Waals surface area contributed by atoms with Crippen LogP contribution in [-0.4, -0.2) is 223 Å². The van der Waals surface area contributed by atoms with E-state index in [1.54, 1.807) is 0 Å². The van der Waals surface area contributed by atoms with Gasteiger partial charge in [-0.25, -0.2) is 4.39 Å². The number of aliphatic hydroxyl groups is 12. The van der Waals surface area contributed by atoms with Crippen LogP contribution in [0.4, 0.5) is 4.39 Å². The van der Waals surface area contributed by atoms with E-state index in [-0.39, 0.29) is 0 Å². The summed E-state index contributed by atoms with van der Waals surface area (Å²) in [6.45, 7) is -2.94. The molecule has 1 unspecified atom stereocenters. The third-order valence-corrected chi connectivity index (χ3v) is 9.59. The molecule has 5 saturated heterocycles. The van der Waals surface area contributed by atoms with Crippen molar-refractivity contribution in [3.05, 3.63) is 0 Å². The Morgan fingerprint density at radius 1 is 0.451 bits per heavy atom. The maximum Gasteiger partial charge on any atom is 0.228 e. The molecule has 5 aliphatic heterocycles. The summed E-state index contributed by atoms with van der Waals surface area (Å²) in [7, 11) is 0. The Labute approximate surface area is 290 Å². The fraction of sp³-hybridized carbons (Fsp3) is 1.00. The Bertz CT molecular complexity index is 1060. The summed E-state index contributed by atoms with van der Waals surface area (Å²) in [5, 5.41) is 125. The molecule has 21 nitrogen and oxygen atoms in total. The smallest absolute Gasteiger partial charge is 0.228 e. The second-order valence-electron chi connectivity index (χ2n) is 13.0. The van der Waals surface area contributed by atoms with Crippen LogP contribution in [-0.2, 0) is 42.6 Å². The highest BCUT2D eigenvalue weighted by Crippen LogP contribution is 2.35. The zero-order valence-corrected chi connectivity index (χ0v) is 27.2. The van der Waals surface area contributed by atoms with E-state index in [0.717, 1.165) is 12.8 Å². The van der Waals surface area contributed by atoms with Gasteiger partial charge in [-0.2, -0.15) is 0 Å². The topological polar surface area (TPSA) is 326 Å². The van der Waals surface area contributed by atoms with Crippen LogP contribution in [0.3, 0.4) is 0 Å². The Morgan fingerprint density at radius 2 is 0.863 bits per heavy atom. The minimum atomic E-state index is -2.41. The molecular formula is C29H49FO21. The van der Waals surface area contributed by atoms with E-state index < -0.39 is 156 Å². The Hall–Kier alpha value is -0.910. The molecule has 21 atom stereocenters. The van der Waals surface area contributed by atoms with Gasteiger partial charge in [0, 0.05) is 6.61 Å². The van der Waals surface area contributed by atoms with Crippen LogP contribution in [0.5, 0.6) is 0 Å². The summed E-state index contributed by atoms with van der Waals surface area (Å²) in [5.41, 5.74) is 0. The van der Waals surface area contributed by atoms with E-state index in [4.69, 9.17) is 37.9 Å². The molecule has 0 aromatic carbocycles. The van der Waals surface area contributed by atoms with Gasteiger partial charge < -0.3 is 104 Å². The summed E-state index contributed by atoms with van der Waals surface area (Å²) >= 11 is 0. The lowest BCUT2D eigenvalue weighted by Gasteiger charge is -2.49. The summed E-state index contributed by atoms with van der Waals surface area (Å²) in [6.07, 6.45) is -34.3. The zero-order valence-electron chi connectivity index (χ0n) is 27.2. The van der Waals surface area contributed by atoms with E-state index in [1.165, 1.54) is 0 Å². The molecule has 0 aromatic rings. The van der Waals surface area contributed by atoms with E-state index in [9.17, 15) is 65.7 Å². The van der Waals surface area contributed by atoms with Crippen LogP contribution in [0.1, 0.15) is 19.3 Å². The standard InChI is InChI=1S/C29H49FO21/c30-26-21(42)25(14(35)9(5-31)44-26)51-29-20(41)17(38)24(12(8-34)47-29)50-28-19(40)16(37)23(11(7-33)46-28)49-27-18(39)15(36)22(10(6-32)45-27)48-13-3-1-2-4-43-13/h9-29,31-42H,1-8H2/t9-,10-,11-,12-,13?,14-,15-,16-,17-,18-,19-,20-,21-,22-,23-,24-,25+,26+,27+,28+,29+/m1/s1. The largest absolute Gasteiger partial charge is 0.394 e. The molecule has 298 valence electrons. The lowest BCUT2D eigenvalue weighted by atomic mass is 9.95. The van der Waals surface area contributed by atoms with Crippen molar-refractivity contribution >= 4 is 0 Å². The van der Waals surface area contributed by atoms with Gasteiger partial charge in [-0.1, -0.05) is 0 Å². The number of alkyl halides is 1. The Balaban J connectivity index is 1.22. The first-order valence-electron chi connectivity index (χ1n) is 16.7. The molecule has 0 aromatic heterocycles. The van der Waals surface area contributed by atoms with E-state index in [1.807, 2.05) is 0 Å². The lowest BCUT2D eigenvalue weighted by molar-refractivity contribution is -0.389. The molecule has 22 heteroatoms. The van der Waals surface area contributed by atoms with Gasteiger partial charge in [0.25, 0.3) is 0 Å². The SMILES string of the molecule is OC[C@H]1O[C@H](F)[C@H](O)[C@@H](O[C@@H]2O[C@H](CO)[C@@H](O[C@@H]3O[C@H](CO)[C@@H](O[C@@H]4O[C@H](CO)[C@@H](OC5CCCCO5)[C@H](O)[C@H]4O)[C@H](O)[C@H]3O)[C@H](O)[C@H]2O)[C@@H]1O. The zero-order chi connectivity index (χ0) is 37.1. The van der Waals surface area contributed by atoms with Crippen LogP contribution >= 0.6 is 0 Å². The van der Waals surface area contributed by atoms with Crippen LogP contribution in [0.15, 0.2) is 0 Å². The van der Waals surface area contributed by atoms with Crippen molar-refractivity contribution in [1.82, 2.24) is 0 Å². The third kappa shape index (κ3) is 8.82. The van der Waals surface area contributed by atoms with Gasteiger partial charge in [0.1, 0.15) is 97.7 Å². The average molecular weight is 753 g/mol. The number of ether oxygens (including phenoxy) is 9. The summed E-state index contributed by atoms with van der Waals surface area (Å²) in [6, 6.07) is 0. The minimum Gasteiger partial charge on any atom is -0.394 e. The molecule has 0 amide bonds. The van der Waals surface area contributed by atoms with Crippen LogP contribution in [0.25, 0.3) is 0 Å². The fourth-order valence-electron chi connectivity index (χ4n) is 6.66. The van der Waals surface area contributed by atoms with Gasteiger partial charge in [0.2, 0.25) is 6.36 Å². The second kappa shape index (κ2) is 18.1. The molecule has 5 aliphatic rings. The van der Waals surface area contributed by atoms with Crippen LogP contribution in [0, 0.1) is 0 Å². The average Bonchev–Trinajstić information content (AvgIpc) is 3.13. The Morgan fingerprint density at radius 3 is 1.25 bits per heavy atom. The number of hydrogen-bond donors (Lipinski definition) is 12. The number of rotatable bonds is 12. The summed E-state index contributed by atoms with van der Waals surface area (Å²) in [5.74, 6) is 0. The second-order valence-corrected chi connectivity index (χ2v) is 13.0.